The molecule has 0 N–H and O–H groups in total. The summed E-state index contributed by atoms with van der Waals surface area (Å²) in [5.41, 5.74) is 0.723. The first-order chi connectivity index (χ1) is 8.60. The number of aromatic nitrogens is 3. The van der Waals surface area contributed by atoms with E-state index < -0.39 is 0 Å². The molecule has 2 aromatic rings. The molecule has 0 fully saturated rings. The second-order valence-electron chi connectivity index (χ2n) is 3.43. The first-order valence-electron chi connectivity index (χ1n) is 5.05. The van der Waals surface area contributed by atoms with Crippen LogP contribution in [-0.2, 0) is 0 Å². The maximum atomic E-state index is 12.8. The van der Waals surface area contributed by atoms with Crippen LogP contribution in [0, 0.1) is 5.82 Å². The van der Waals surface area contributed by atoms with Crippen molar-refractivity contribution in [2.45, 2.75) is 0 Å². The van der Waals surface area contributed by atoms with Gasteiger partial charge < -0.3 is 9.64 Å². The lowest BCUT2D eigenvalue weighted by molar-refractivity contribution is 0.378. The van der Waals surface area contributed by atoms with Gasteiger partial charge in [0, 0.05) is 12.7 Å². The Morgan fingerprint density at radius 2 is 1.83 bits per heavy atom. The average Bonchev–Trinajstić information content (AvgIpc) is 2.38. The molecule has 0 atom stereocenters. The van der Waals surface area contributed by atoms with Gasteiger partial charge >= 0.3 is 6.01 Å². The van der Waals surface area contributed by atoms with Crippen molar-refractivity contribution >= 4 is 23.2 Å². The average molecular weight is 269 g/mol. The Balaban J connectivity index is 2.35. The van der Waals surface area contributed by atoms with Crippen LogP contribution < -0.4 is 9.64 Å². The Morgan fingerprint density at radius 1 is 1.17 bits per heavy atom. The quantitative estimate of drug-likeness (QED) is 0.856. The van der Waals surface area contributed by atoms with Crippen molar-refractivity contribution in [3.63, 3.8) is 0 Å². The molecule has 0 aliphatic carbocycles. The van der Waals surface area contributed by atoms with E-state index in [4.69, 9.17) is 16.3 Å². The zero-order valence-corrected chi connectivity index (χ0v) is 10.5. The van der Waals surface area contributed by atoms with Gasteiger partial charge in [-0.2, -0.15) is 15.0 Å². The van der Waals surface area contributed by atoms with E-state index in [-0.39, 0.29) is 17.1 Å². The Morgan fingerprint density at radius 3 is 2.44 bits per heavy atom. The molecule has 7 heteroatoms. The third-order valence-corrected chi connectivity index (χ3v) is 2.44. The number of methoxy groups -OCH3 is 1. The third kappa shape index (κ3) is 2.65. The van der Waals surface area contributed by atoms with Gasteiger partial charge in [-0.25, -0.2) is 4.39 Å². The van der Waals surface area contributed by atoms with Gasteiger partial charge in [0.2, 0.25) is 11.2 Å². The molecule has 0 aliphatic rings. The molecule has 2 rings (SSSR count). The number of ether oxygens (including phenoxy) is 1. The summed E-state index contributed by atoms with van der Waals surface area (Å²) in [5, 5.41) is 0.0332. The van der Waals surface area contributed by atoms with Crippen LogP contribution in [0.4, 0.5) is 16.0 Å². The molecule has 1 aromatic heterocycles. The van der Waals surface area contributed by atoms with Gasteiger partial charge in [-0.05, 0) is 35.9 Å². The molecule has 1 aromatic carbocycles. The summed E-state index contributed by atoms with van der Waals surface area (Å²) >= 11 is 5.76. The second kappa shape index (κ2) is 5.14. The standard InChI is InChI=1S/C11H10ClFN4O/c1-17(8-5-3-7(13)4-6-8)10-14-9(12)15-11(16-10)18-2/h3-6H,1-2H3. The lowest BCUT2D eigenvalue weighted by Gasteiger charge is -2.17. The second-order valence-corrected chi connectivity index (χ2v) is 3.76. The monoisotopic (exact) mass is 268 g/mol. The van der Waals surface area contributed by atoms with Crippen LogP contribution in [-0.4, -0.2) is 29.1 Å². The van der Waals surface area contributed by atoms with Gasteiger partial charge in [-0.15, -0.1) is 0 Å². The number of hydrogen-bond donors (Lipinski definition) is 0. The lowest BCUT2D eigenvalue weighted by Crippen LogP contribution is -2.14. The van der Waals surface area contributed by atoms with E-state index in [1.807, 2.05) is 0 Å². The van der Waals surface area contributed by atoms with Crippen LogP contribution in [0.2, 0.25) is 5.28 Å². The van der Waals surface area contributed by atoms with E-state index in [0.29, 0.717) is 5.95 Å². The largest absolute Gasteiger partial charge is 0.467 e. The summed E-state index contributed by atoms with van der Waals surface area (Å²) in [4.78, 5) is 13.5. The number of hydrogen-bond acceptors (Lipinski definition) is 5. The highest BCUT2D eigenvalue weighted by Crippen LogP contribution is 2.22. The van der Waals surface area contributed by atoms with Gasteiger partial charge in [0.05, 0.1) is 7.11 Å². The summed E-state index contributed by atoms with van der Waals surface area (Å²) < 4.78 is 17.7. The molecule has 0 bridgehead atoms. The molecule has 0 amide bonds. The molecule has 1 heterocycles. The van der Waals surface area contributed by atoms with Crippen LogP contribution in [0.5, 0.6) is 6.01 Å². The predicted molar refractivity (Wildman–Crippen MR) is 65.9 cm³/mol. The third-order valence-electron chi connectivity index (χ3n) is 2.27. The molecule has 5 nitrogen and oxygen atoms in total. The Kier molecular flexibility index (Phi) is 3.57. The molecular formula is C11H10ClFN4O. The normalized spacial score (nSPS) is 10.2. The molecule has 0 unspecified atom stereocenters. The van der Waals surface area contributed by atoms with Gasteiger partial charge in [0.1, 0.15) is 5.82 Å². The minimum atomic E-state index is -0.307. The molecule has 0 aliphatic heterocycles. The topological polar surface area (TPSA) is 51.1 Å². The van der Waals surface area contributed by atoms with E-state index in [1.165, 1.54) is 19.2 Å². The Labute approximate surface area is 108 Å². The molecule has 0 radical (unpaired) electrons. The van der Waals surface area contributed by atoms with Crippen molar-refractivity contribution in [2.24, 2.45) is 0 Å². The van der Waals surface area contributed by atoms with Crippen molar-refractivity contribution in [2.75, 3.05) is 19.1 Å². The number of rotatable bonds is 3. The highest BCUT2D eigenvalue weighted by Gasteiger charge is 2.11. The Hall–Kier alpha value is -1.95. The minimum Gasteiger partial charge on any atom is -0.467 e. The first kappa shape index (κ1) is 12.5. The highest BCUT2D eigenvalue weighted by atomic mass is 35.5. The van der Waals surface area contributed by atoms with Crippen LogP contribution in [0.1, 0.15) is 0 Å². The van der Waals surface area contributed by atoms with E-state index >= 15 is 0 Å². The fourth-order valence-electron chi connectivity index (χ4n) is 1.34. The van der Waals surface area contributed by atoms with Gasteiger partial charge in [-0.3, -0.25) is 0 Å². The molecule has 18 heavy (non-hydrogen) atoms. The van der Waals surface area contributed by atoms with E-state index in [0.717, 1.165) is 5.69 Å². The molecule has 0 spiro atoms. The van der Waals surface area contributed by atoms with Crippen molar-refractivity contribution in [3.05, 3.63) is 35.4 Å². The summed E-state index contributed by atoms with van der Waals surface area (Å²) in [5.74, 6) is 0.0110. The summed E-state index contributed by atoms with van der Waals surface area (Å²) in [6, 6.07) is 6.05. The van der Waals surface area contributed by atoms with Crippen LogP contribution in [0.3, 0.4) is 0 Å². The van der Waals surface area contributed by atoms with Crippen molar-refractivity contribution in [3.8, 4) is 6.01 Å². The maximum Gasteiger partial charge on any atom is 0.322 e. The first-order valence-corrected chi connectivity index (χ1v) is 5.43. The van der Waals surface area contributed by atoms with E-state index in [9.17, 15) is 4.39 Å². The fourth-order valence-corrected chi connectivity index (χ4v) is 1.49. The predicted octanol–water partition coefficient (Wildman–Crippen LogP) is 2.44. The van der Waals surface area contributed by atoms with Gasteiger partial charge in [-0.1, -0.05) is 0 Å². The Bertz CT molecular complexity index is 549. The number of benzene rings is 1. The van der Waals surface area contributed by atoms with E-state index in [1.54, 1.807) is 24.1 Å². The molecule has 94 valence electrons. The fraction of sp³-hybridized carbons (Fsp3) is 0.182. The number of nitrogens with zero attached hydrogens (tertiary/aromatic N) is 4. The van der Waals surface area contributed by atoms with Crippen LogP contribution in [0.15, 0.2) is 24.3 Å². The molecule has 0 saturated heterocycles. The minimum absolute atomic E-state index is 0.0332. The number of anilines is 2. The van der Waals surface area contributed by atoms with Crippen LogP contribution >= 0.6 is 11.6 Å². The SMILES string of the molecule is COc1nc(Cl)nc(N(C)c2ccc(F)cc2)n1. The zero-order valence-electron chi connectivity index (χ0n) is 9.76. The smallest absolute Gasteiger partial charge is 0.322 e. The van der Waals surface area contributed by atoms with Crippen molar-refractivity contribution in [1.82, 2.24) is 15.0 Å². The lowest BCUT2D eigenvalue weighted by atomic mass is 10.3. The van der Waals surface area contributed by atoms with E-state index in [2.05, 4.69) is 15.0 Å². The number of halogens is 2. The summed E-state index contributed by atoms with van der Waals surface area (Å²) in [6.07, 6.45) is 0. The van der Waals surface area contributed by atoms with Crippen LogP contribution in [0.25, 0.3) is 0 Å². The van der Waals surface area contributed by atoms with Crippen molar-refractivity contribution < 1.29 is 9.13 Å². The molecular weight excluding hydrogens is 259 g/mol. The maximum absolute atomic E-state index is 12.8. The summed E-state index contributed by atoms with van der Waals surface area (Å²) in [7, 11) is 3.17. The highest BCUT2D eigenvalue weighted by molar-refractivity contribution is 6.28. The summed E-state index contributed by atoms with van der Waals surface area (Å²) in [6.45, 7) is 0. The van der Waals surface area contributed by atoms with Gasteiger partial charge in [0.25, 0.3) is 0 Å². The van der Waals surface area contributed by atoms with Crippen molar-refractivity contribution in [1.29, 1.82) is 0 Å². The van der Waals surface area contributed by atoms with Gasteiger partial charge in [0.15, 0.2) is 0 Å². The molecule has 0 saturated carbocycles. The zero-order chi connectivity index (χ0) is 13.1.